The Labute approximate surface area is 169 Å². The van der Waals surface area contributed by atoms with E-state index in [0.29, 0.717) is 40.8 Å². The summed E-state index contributed by atoms with van der Waals surface area (Å²) in [5.41, 5.74) is 1.07. The first-order valence-corrected chi connectivity index (χ1v) is 9.06. The molecule has 1 aliphatic heterocycles. The molecular weight excluding hydrogens is 376 g/mol. The van der Waals surface area contributed by atoms with Crippen molar-refractivity contribution < 1.29 is 28.5 Å². The van der Waals surface area contributed by atoms with Crippen LogP contribution in [-0.4, -0.2) is 52.8 Å². The molecule has 154 valence electrons. The Hall–Kier alpha value is -3.42. The zero-order chi connectivity index (χ0) is 21.0. The van der Waals surface area contributed by atoms with Crippen LogP contribution in [0, 0.1) is 0 Å². The third kappa shape index (κ3) is 4.21. The molecule has 3 rings (SSSR count). The van der Waals surface area contributed by atoms with Crippen LogP contribution < -0.4 is 29.2 Å². The van der Waals surface area contributed by atoms with Gasteiger partial charge >= 0.3 is 0 Å². The summed E-state index contributed by atoms with van der Waals surface area (Å²) in [6.45, 7) is 0.360. The molecule has 2 aromatic rings. The molecule has 1 heterocycles. The van der Waals surface area contributed by atoms with Gasteiger partial charge < -0.3 is 29.2 Å². The molecule has 2 amide bonds. The first-order chi connectivity index (χ1) is 14.0. The molecule has 1 fully saturated rings. The number of carbonyl (C=O) groups is 2. The highest BCUT2D eigenvalue weighted by Crippen LogP contribution is 2.33. The van der Waals surface area contributed by atoms with Crippen molar-refractivity contribution in [2.75, 3.05) is 39.9 Å². The van der Waals surface area contributed by atoms with Gasteiger partial charge in [0.05, 0.1) is 40.0 Å². The van der Waals surface area contributed by atoms with Crippen LogP contribution in [0.15, 0.2) is 36.4 Å². The normalized spacial score (nSPS) is 15.8. The van der Waals surface area contributed by atoms with Gasteiger partial charge in [0, 0.05) is 30.8 Å². The van der Waals surface area contributed by atoms with Crippen molar-refractivity contribution in [3.63, 3.8) is 0 Å². The standard InChI is InChI=1S/C21H24N2O6/c1-26-15-6-7-16(18(11-15)28-3)21(25)22-13-9-20(24)23(12-13)14-5-8-17(27-2)19(10-14)29-4/h5-8,10-11,13H,9,12H2,1-4H3,(H,22,25)/t13-/m1/s1. The molecular formula is C21H24N2O6. The summed E-state index contributed by atoms with van der Waals surface area (Å²) in [4.78, 5) is 26.9. The predicted octanol–water partition coefficient (Wildman–Crippen LogP) is 2.26. The summed E-state index contributed by atoms with van der Waals surface area (Å²) < 4.78 is 21.0. The molecule has 0 aromatic heterocycles. The van der Waals surface area contributed by atoms with E-state index in [1.165, 1.54) is 7.11 Å². The average molecular weight is 400 g/mol. The average Bonchev–Trinajstić information content (AvgIpc) is 3.12. The number of carbonyl (C=O) groups excluding carboxylic acids is 2. The van der Waals surface area contributed by atoms with Crippen LogP contribution in [0.3, 0.4) is 0 Å². The van der Waals surface area contributed by atoms with E-state index in [2.05, 4.69) is 5.32 Å². The highest BCUT2D eigenvalue weighted by Gasteiger charge is 2.32. The maximum absolute atomic E-state index is 12.7. The fraction of sp³-hybridized carbons (Fsp3) is 0.333. The summed E-state index contributed by atoms with van der Waals surface area (Å²) in [6, 6.07) is 9.92. The van der Waals surface area contributed by atoms with Gasteiger partial charge in [0.1, 0.15) is 11.5 Å². The van der Waals surface area contributed by atoms with Crippen LogP contribution in [0.1, 0.15) is 16.8 Å². The highest BCUT2D eigenvalue weighted by molar-refractivity contribution is 6.00. The van der Waals surface area contributed by atoms with Gasteiger partial charge in [0.25, 0.3) is 5.91 Å². The number of methoxy groups -OCH3 is 4. The van der Waals surface area contributed by atoms with E-state index in [9.17, 15) is 9.59 Å². The summed E-state index contributed by atoms with van der Waals surface area (Å²) in [6.07, 6.45) is 0.207. The van der Waals surface area contributed by atoms with E-state index in [4.69, 9.17) is 18.9 Å². The maximum Gasteiger partial charge on any atom is 0.255 e. The minimum absolute atomic E-state index is 0.0794. The first-order valence-electron chi connectivity index (χ1n) is 9.06. The van der Waals surface area contributed by atoms with E-state index in [-0.39, 0.29) is 24.3 Å². The minimum Gasteiger partial charge on any atom is -0.497 e. The SMILES string of the molecule is COc1ccc(C(=O)N[C@@H]2CC(=O)N(c3ccc(OC)c(OC)c3)C2)c(OC)c1. The van der Waals surface area contributed by atoms with E-state index >= 15 is 0 Å². The molecule has 0 saturated carbocycles. The van der Waals surface area contributed by atoms with Crippen molar-refractivity contribution >= 4 is 17.5 Å². The van der Waals surface area contributed by atoms with Crippen molar-refractivity contribution in [1.29, 1.82) is 0 Å². The molecule has 8 heteroatoms. The maximum atomic E-state index is 12.7. The second kappa shape index (κ2) is 8.72. The number of anilines is 1. The molecule has 8 nitrogen and oxygen atoms in total. The van der Waals surface area contributed by atoms with E-state index < -0.39 is 0 Å². The molecule has 0 spiro atoms. The highest BCUT2D eigenvalue weighted by atomic mass is 16.5. The van der Waals surface area contributed by atoms with Gasteiger partial charge in [-0.25, -0.2) is 0 Å². The lowest BCUT2D eigenvalue weighted by atomic mass is 10.1. The molecule has 2 aromatic carbocycles. The Bertz CT molecular complexity index is 914. The molecule has 0 radical (unpaired) electrons. The number of nitrogens with zero attached hydrogens (tertiary/aromatic N) is 1. The second-order valence-corrected chi connectivity index (χ2v) is 6.48. The third-order valence-corrected chi connectivity index (χ3v) is 4.79. The Morgan fingerprint density at radius 2 is 1.66 bits per heavy atom. The molecule has 1 saturated heterocycles. The van der Waals surface area contributed by atoms with Crippen molar-refractivity contribution in [2.45, 2.75) is 12.5 Å². The number of nitrogens with one attached hydrogen (secondary N) is 1. The Balaban J connectivity index is 1.73. The Morgan fingerprint density at radius 1 is 0.931 bits per heavy atom. The number of amides is 2. The molecule has 1 atom stereocenters. The Morgan fingerprint density at radius 3 is 2.31 bits per heavy atom. The lowest BCUT2D eigenvalue weighted by molar-refractivity contribution is -0.117. The van der Waals surface area contributed by atoms with Crippen molar-refractivity contribution in [2.24, 2.45) is 0 Å². The van der Waals surface area contributed by atoms with Crippen molar-refractivity contribution in [1.82, 2.24) is 5.32 Å². The summed E-state index contributed by atoms with van der Waals surface area (Å²) in [5, 5.41) is 2.91. The van der Waals surface area contributed by atoms with Gasteiger partial charge in [0.15, 0.2) is 11.5 Å². The van der Waals surface area contributed by atoms with E-state index in [1.807, 2.05) is 0 Å². The Kier molecular flexibility index (Phi) is 6.11. The van der Waals surface area contributed by atoms with E-state index in [1.54, 1.807) is 62.6 Å². The topological polar surface area (TPSA) is 86.3 Å². The summed E-state index contributed by atoms with van der Waals surface area (Å²) in [5.74, 6) is 1.73. The predicted molar refractivity (Wildman–Crippen MR) is 107 cm³/mol. The summed E-state index contributed by atoms with van der Waals surface area (Å²) in [7, 11) is 6.13. The van der Waals surface area contributed by atoms with Gasteiger partial charge in [0.2, 0.25) is 5.91 Å². The van der Waals surface area contributed by atoms with Crippen LogP contribution in [0.25, 0.3) is 0 Å². The van der Waals surface area contributed by atoms with Crippen LogP contribution in [0.5, 0.6) is 23.0 Å². The monoisotopic (exact) mass is 400 g/mol. The fourth-order valence-electron chi connectivity index (χ4n) is 3.30. The van der Waals surface area contributed by atoms with E-state index in [0.717, 1.165) is 0 Å². The number of hydrogen-bond acceptors (Lipinski definition) is 6. The molecule has 0 aliphatic carbocycles. The van der Waals surface area contributed by atoms with Gasteiger partial charge in [-0.05, 0) is 24.3 Å². The van der Waals surface area contributed by atoms with Crippen molar-refractivity contribution in [3.05, 3.63) is 42.0 Å². The lowest BCUT2D eigenvalue weighted by Crippen LogP contribution is -2.37. The van der Waals surface area contributed by atoms with Crippen molar-refractivity contribution in [3.8, 4) is 23.0 Å². The number of rotatable bonds is 7. The zero-order valence-electron chi connectivity index (χ0n) is 16.9. The van der Waals surface area contributed by atoms with Crippen LogP contribution in [0.2, 0.25) is 0 Å². The zero-order valence-corrected chi connectivity index (χ0v) is 16.9. The number of ether oxygens (including phenoxy) is 4. The molecule has 0 unspecified atom stereocenters. The molecule has 0 bridgehead atoms. The molecule has 1 aliphatic rings. The first kappa shape index (κ1) is 20.3. The van der Waals surface area contributed by atoms with Gasteiger partial charge in [-0.15, -0.1) is 0 Å². The van der Waals surface area contributed by atoms with Gasteiger partial charge in [-0.2, -0.15) is 0 Å². The summed E-state index contributed by atoms with van der Waals surface area (Å²) >= 11 is 0. The largest absolute Gasteiger partial charge is 0.497 e. The minimum atomic E-state index is -0.324. The third-order valence-electron chi connectivity index (χ3n) is 4.79. The van der Waals surface area contributed by atoms with Gasteiger partial charge in [-0.1, -0.05) is 0 Å². The second-order valence-electron chi connectivity index (χ2n) is 6.48. The van der Waals surface area contributed by atoms with Crippen LogP contribution in [-0.2, 0) is 4.79 Å². The van der Waals surface area contributed by atoms with Crippen LogP contribution >= 0.6 is 0 Å². The smallest absolute Gasteiger partial charge is 0.255 e. The molecule has 29 heavy (non-hydrogen) atoms. The number of benzene rings is 2. The fourth-order valence-corrected chi connectivity index (χ4v) is 3.30. The van der Waals surface area contributed by atoms with Gasteiger partial charge in [-0.3, -0.25) is 9.59 Å². The van der Waals surface area contributed by atoms with Crippen LogP contribution in [0.4, 0.5) is 5.69 Å². The lowest BCUT2D eigenvalue weighted by Gasteiger charge is -2.19. The molecule has 1 N–H and O–H groups in total. The number of hydrogen-bond donors (Lipinski definition) is 1. The quantitative estimate of drug-likeness (QED) is 0.767.